The molecular formula is C9H5F5O. The summed E-state index contributed by atoms with van der Waals surface area (Å²) < 4.78 is 69.1. The molecule has 1 saturated heterocycles. The van der Waals surface area contributed by atoms with Crippen LogP contribution in [0.15, 0.2) is 0 Å². The minimum atomic E-state index is -2.15. The number of benzene rings is 1. The molecule has 0 bridgehead atoms. The lowest BCUT2D eigenvalue weighted by atomic mass is 10.00. The molecule has 1 aliphatic rings. The van der Waals surface area contributed by atoms with Gasteiger partial charge in [-0.15, -0.1) is 0 Å². The van der Waals surface area contributed by atoms with Crippen LogP contribution in [0, 0.1) is 29.1 Å². The molecule has 1 aromatic rings. The van der Waals surface area contributed by atoms with Crippen LogP contribution in [0.3, 0.4) is 0 Å². The zero-order chi connectivity index (χ0) is 11.4. The van der Waals surface area contributed by atoms with Crippen molar-refractivity contribution in [2.75, 3.05) is 6.61 Å². The number of ether oxygens (including phenoxy) is 1. The Kier molecular flexibility index (Phi) is 2.01. The van der Waals surface area contributed by atoms with Crippen LogP contribution in [-0.4, -0.2) is 6.61 Å². The van der Waals surface area contributed by atoms with E-state index < -0.39 is 40.3 Å². The van der Waals surface area contributed by atoms with E-state index in [4.69, 9.17) is 0 Å². The fraction of sp³-hybridized carbons (Fsp3) is 0.333. The molecule has 6 heteroatoms. The summed E-state index contributed by atoms with van der Waals surface area (Å²) in [7, 11) is 0. The monoisotopic (exact) mass is 224 g/mol. The fourth-order valence-corrected chi connectivity index (χ4v) is 1.32. The molecule has 2 rings (SSSR count). The first-order chi connectivity index (χ1) is 6.88. The van der Waals surface area contributed by atoms with Gasteiger partial charge in [-0.1, -0.05) is 0 Å². The molecule has 0 N–H and O–H groups in total. The highest BCUT2D eigenvalue weighted by atomic mass is 19.2. The average Bonchev–Trinajstić information content (AvgIpc) is 2.91. The maximum Gasteiger partial charge on any atom is 0.200 e. The van der Waals surface area contributed by atoms with Crippen molar-refractivity contribution in [3.05, 3.63) is 34.6 Å². The Labute approximate surface area is 81.5 Å². The van der Waals surface area contributed by atoms with Crippen LogP contribution in [-0.2, 0) is 10.3 Å². The smallest absolute Gasteiger partial charge is 0.200 e. The first-order valence-corrected chi connectivity index (χ1v) is 4.04. The van der Waals surface area contributed by atoms with Gasteiger partial charge in [-0.05, 0) is 6.92 Å². The second-order valence-corrected chi connectivity index (χ2v) is 3.46. The first kappa shape index (κ1) is 10.4. The van der Waals surface area contributed by atoms with Gasteiger partial charge in [0.1, 0.15) is 5.60 Å². The van der Waals surface area contributed by atoms with Crippen LogP contribution < -0.4 is 0 Å². The third-order valence-corrected chi connectivity index (χ3v) is 2.32. The number of halogens is 5. The van der Waals surface area contributed by atoms with E-state index >= 15 is 0 Å². The SMILES string of the molecule is CC1(c2c(F)c(F)c(F)c(F)c2F)CO1. The molecule has 0 spiro atoms. The van der Waals surface area contributed by atoms with Gasteiger partial charge in [0, 0.05) is 0 Å². The molecular weight excluding hydrogens is 219 g/mol. The van der Waals surface area contributed by atoms with E-state index in [1.54, 1.807) is 0 Å². The Morgan fingerprint density at radius 2 is 1.20 bits per heavy atom. The van der Waals surface area contributed by atoms with Gasteiger partial charge in [0.25, 0.3) is 0 Å². The average molecular weight is 224 g/mol. The Balaban J connectivity index is 2.74. The number of rotatable bonds is 1. The van der Waals surface area contributed by atoms with Gasteiger partial charge in [-0.3, -0.25) is 0 Å². The lowest BCUT2D eigenvalue weighted by molar-refractivity contribution is 0.293. The van der Waals surface area contributed by atoms with Gasteiger partial charge in [-0.25, -0.2) is 22.0 Å². The highest BCUT2D eigenvalue weighted by Gasteiger charge is 2.48. The predicted octanol–water partition coefficient (Wildman–Crippen LogP) is 2.63. The normalized spacial score (nSPS) is 24.4. The van der Waals surface area contributed by atoms with Crippen LogP contribution in [0.4, 0.5) is 22.0 Å². The molecule has 0 amide bonds. The van der Waals surface area contributed by atoms with Crippen LogP contribution >= 0.6 is 0 Å². The van der Waals surface area contributed by atoms with Crippen molar-refractivity contribution in [3.63, 3.8) is 0 Å². The zero-order valence-corrected chi connectivity index (χ0v) is 7.51. The summed E-state index contributed by atoms with van der Waals surface area (Å²) in [5.74, 6) is -9.70. The molecule has 1 aromatic carbocycles. The van der Waals surface area contributed by atoms with E-state index in [0.717, 1.165) is 0 Å². The lowest BCUT2D eigenvalue weighted by Gasteiger charge is -2.10. The van der Waals surface area contributed by atoms with Gasteiger partial charge in [0.15, 0.2) is 23.3 Å². The first-order valence-electron chi connectivity index (χ1n) is 4.04. The van der Waals surface area contributed by atoms with E-state index in [9.17, 15) is 22.0 Å². The molecule has 0 radical (unpaired) electrons. The molecule has 82 valence electrons. The van der Waals surface area contributed by atoms with Crippen molar-refractivity contribution < 1.29 is 26.7 Å². The van der Waals surface area contributed by atoms with Gasteiger partial charge in [0.2, 0.25) is 5.82 Å². The fourth-order valence-electron chi connectivity index (χ4n) is 1.32. The Morgan fingerprint density at radius 3 is 1.53 bits per heavy atom. The largest absolute Gasteiger partial charge is 0.365 e. The molecule has 0 aliphatic carbocycles. The van der Waals surface area contributed by atoms with Crippen molar-refractivity contribution >= 4 is 0 Å². The van der Waals surface area contributed by atoms with E-state index in [1.165, 1.54) is 6.92 Å². The van der Waals surface area contributed by atoms with Crippen LogP contribution in [0.25, 0.3) is 0 Å². The Hall–Kier alpha value is -1.17. The third-order valence-electron chi connectivity index (χ3n) is 2.32. The van der Waals surface area contributed by atoms with Crippen molar-refractivity contribution in [1.29, 1.82) is 0 Å². The molecule has 1 atom stereocenters. The third kappa shape index (κ3) is 1.31. The van der Waals surface area contributed by atoms with Crippen LogP contribution in [0.5, 0.6) is 0 Å². The quantitative estimate of drug-likeness (QED) is 0.309. The summed E-state index contributed by atoms with van der Waals surface area (Å²) in [6.07, 6.45) is 0. The van der Waals surface area contributed by atoms with Gasteiger partial charge >= 0.3 is 0 Å². The molecule has 1 heterocycles. The number of epoxide rings is 1. The minimum Gasteiger partial charge on any atom is -0.365 e. The van der Waals surface area contributed by atoms with Gasteiger partial charge in [-0.2, -0.15) is 0 Å². The summed E-state index contributed by atoms with van der Waals surface area (Å²) in [6.45, 7) is 1.19. The molecule has 1 nitrogen and oxygen atoms in total. The Morgan fingerprint density at radius 1 is 0.867 bits per heavy atom. The second-order valence-electron chi connectivity index (χ2n) is 3.46. The van der Waals surface area contributed by atoms with E-state index in [-0.39, 0.29) is 6.61 Å². The van der Waals surface area contributed by atoms with E-state index in [2.05, 4.69) is 4.74 Å². The second kappa shape index (κ2) is 2.91. The Bertz CT molecular complexity index is 410. The van der Waals surface area contributed by atoms with Crippen LogP contribution in [0.2, 0.25) is 0 Å². The maximum atomic E-state index is 13.1. The highest BCUT2D eigenvalue weighted by Crippen LogP contribution is 2.42. The van der Waals surface area contributed by atoms with Crippen molar-refractivity contribution in [3.8, 4) is 0 Å². The van der Waals surface area contributed by atoms with E-state index in [0.29, 0.717) is 0 Å². The summed E-state index contributed by atoms with van der Waals surface area (Å²) in [5.41, 5.74) is -2.30. The summed E-state index contributed by atoms with van der Waals surface area (Å²) >= 11 is 0. The molecule has 15 heavy (non-hydrogen) atoms. The van der Waals surface area contributed by atoms with Crippen molar-refractivity contribution in [2.45, 2.75) is 12.5 Å². The van der Waals surface area contributed by atoms with Gasteiger partial charge in [0.05, 0.1) is 12.2 Å². The molecule has 0 aromatic heterocycles. The van der Waals surface area contributed by atoms with Crippen LogP contribution in [0.1, 0.15) is 12.5 Å². The zero-order valence-electron chi connectivity index (χ0n) is 7.51. The highest BCUT2D eigenvalue weighted by molar-refractivity contribution is 5.31. The minimum absolute atomic E-state index is 0.0641. The number of hydrogen-bond donors (Lipinski definition) is 0. The standard InChI is InChI=1S/C9H5F5O/c1-9(2-15-9)3-4(10)6(12)8(14)7(13)5(3)11/h2H2,1H3. The summed E-state index contributed by atoms with van der Waals surface area (Å²) in [6, 6.07) is 0. The topological polar surface area (TPSA) is 12.5 Å². The summed E-state index contributed by atoms with van der Waals surface area (Å²) in [5, 5.41) is 0. The molecule has 0 saturated carbocycles. The predicted molar refractivity (Wildman–Crippen MR) is 39.5 cm³/mol. The maximum absolute atomic E-state index is 13.1. The van der Waals surface area contributed by atoms with Crippen molar-refractivity contribution in [2.24, 2.45) is 0 Å². The molecule has 1 aliphatic heterocycles. The molecule has 1 fully saturated rings. The van der Waals surface area contributed by atoms with E-state index in [1.807, 2.05) is 0 Å². The molecule has 1 unspecified atom stereocenters. The number of hydrogen-bond acceptors (Lipinski definition) is 1. The lowest BCUT2D eigenvalue weighted by Crippen LogP contribution is -2.14. The van der Waals surface area contributed by atoms with Gasteiger partial charge < -0.3 is 4.74 Å². The van der Waals surface area contributed by atoms with Crippen molar-refractivity contribution in [1.82, 2.24) is 0 Å². The summed E-state index contributed by atoms with van der Waals surface area (Å²) in [4.78, 5) is 0.